The van der Waals surface area contributed by atoms with Crippen molar-refractivity contribution in [3.8, 4) is 5.75 Å². The van der Waals surface area contributed by atoms with Crippen LogP contribution in [0.3, 0.4) is 0 Å². The summed E-state index contributed by atoms with van der Waals surface area (Å²) in [6.45, 7) is 0.853. The highest BCUT2D eigenvalue weighted by atomic mass is 32.2. The minimum absolute atomic E-state index is 0.0408. The highest BCUT2D eigenvalue weighted by molar-refractivity contribution is 7.89. The second kappa shape index (κ2) is 9.35. The molecular formula is C22H22F3N3O5S. The highest BCUT2D eigenvalue weighted by Gasteiger charge is 2.43. The Labute approximate surface area is 194 Å². The number of benzene rings is 2. The van der Waals surface area contributed by atoms with Crippen LogP contribution in [0.4, 0.5) is 13.2 Å². The van der Waals surface area contributed by atoms with E-state index in [0.29, 0.717) is 0 Å². The van der Waals surface area contributed by atoms with E-state index in [1.807, 2.05) is 30.3 Å². The quantitative estimate of drug-likeness (QED) is 0.569. The molecule has 2 aromatic rings. The molecule has 0 N–H and O–H groups in total. The van der Waals surface area contributed by atoms with Gasteiger partial charge in [-0.3, -0.25) is 19.4 Å². The van der Waals surface area contributed by atoms with Gasteiger partial charge < -0.3 is 4.74 Å². The van der Waals surface area contributed by atoms with Gasteiger partial charge in [-0.05, 0) is 29.8 Å². The van der Waals surface area contributed by atoms with E-state index < -0.39 is 28.2 Å². The molecule has 2 saturated heterocycles. The van der Waals surface area contributed by atoms with E-state index in [1.165, 1.54) is 9.21 Å². The van der Waals surface area contributed by atoms with Crippen molar-refractivity contribution in [2.24, 2.45) is 0 Å². The lowest BCUT2D eigenvalue weighted by Crippen LogP contribution is -2.53. The number of piperazine rings is 1. The van der Waals surface area contributed by atoms with Gasteiger partial charge in [0, 0.05) is 26.2 Å². The fourth-order valence-electron chi connectivity index (χ4n) is 4.10. The number of carbonyl (C=O) groups is 2. The summed E-state index contributed by atoms with van der Waals surface area (Å²) in [4.78, 5) is 28.2. The highest BCUT2D eigenvalue weighted by Crippen LogP contribution is 2.27. The molecule has 0 aromatic heterocycles. The Bertz CT molecular complexity index is 1150. The predicted molar refractivity (Wildman–Crippen MR) is 114 cm³/mol. The molecule has 2 heterocycles. The maximum Gasteiger partial charge on any atom is 0.573 e. The fraction of sp³-hybridized carbons (Fsp3) is 0.364. The molecule has 0 saturated carbocycles. The van der Waals surface area contributed by atoms with Crippen molar-refractivity contribution in [1.29, 1.82) is 0 Å². The molecule has 0 aliphatic carbocycles. The number of alkyl halides is 3. The summed E-state index contributed by atoms with van der Waals surface area (Å²) in [5.74, 6) is -1.08. The first-order chi connectivity index (χ1) is 16.0. The number of hydrogen-bond acceptors (Lipinski definition) is 6. The van der Waals surface area contributed by atoms with Crippen LogP contribution in [0.15, 0.2) is 59.5 Å². The van der Waals surface area contributed by atoms with Gasteiger partial charge in [0.1, 0.15) is 5.75 Å². The van der Waals surface area contributed by atoms with E-state index in [1.54, 1.807) is 4.90 Å². The lowest BCUT2D eigenvalue weighted by molar-refractivity contribution is -0.274. The topological polar surface area (TPSA) is 87.2 Å². The van der Waals surface area contributed by atoms with Crippen LogP contribution in [0.1, 0.15) is 12.0 Å². The van der Waals surface area contributed by atoms with E-state index in [9.17, 15) is 31.2 Å². The standard InChI is InChI=1S/C22H22F3N3O5S/c23-22(24,25)33-17-6-8-18(9-7-17)34(31,32)27-12-10-26(11-13-27)19-14-20(29)28(21(19)30)15-16-4-2-1-3-5-16/h1-9,19H,10-15H2/t19-/m0/s1. The Morgan fingerprint density at radius 1 is 0.912 bits per heavy atom. The van der Waals surface area contributed by atoms with Gasteiger partial charge in [-0.25, -0.2) is 8.42 Å². The van der Waals surface area contributed by atoms with E-state index >= 15 is 0 Å². The smallest absolute Gasteiger partial charge is 0.406 e. The Balaban J connectivity index is 1.37. The minimum atomic E-state index is -4.87. The molecule has 8 nitrogen and oxygen atoms in total. The molecular weight excluding hydrogens is 475 g/mol. The molecule has 12 heteroatoms. The number of imide groups is 1. The van der Waals surface area contributed by atoms with Crippen LogP contribution in [0.2, 0.25) is 0 Å². The van der Waals surface area contributed by atoms with Crippen LogP contribution in [0.25, 0.3) is 0 Å². The molecule has 34 heavy (non-hydrogen) atoms. The van der Waals surface area contributed by atoms with Crippen LogP contribution in [0, 0.1) is 0 Å². The number of hydrogen-bond donors (Lipinski definition) is 0. The molecule has 0 spiro atoms. The minimum Gasteiger partial charge on any atom is -0.406 e. The maximum atomic E-state index is 12.9. The zero-order valence-corrected chi connectivity index (χ0v) is 18.8. The van der Waals surface area contributed by atoms with Gasteiger partial charge in [-0.1, -0.05) is 30.3 Å². The molecule has 2 amide bonds. The first kappa shape index (κ1) is 24.2. The molecule has 2 aliphatic rings. The number of likely N-dealkylation sites (tertiary alicyclic amines) is 1. The number of halogens is 3. The first-order valence-corrected chi connectivity index (χ1v) is 12.0. The Kier molecular flexibility index (Phi) is 6.65. The lowest BCUT2D eigenvalue weighted by Gasteiger charge is -2.36. The summed E-state index contributed by atoms with van der Waals surface area (Å²) in [5.41, 5.74) is 0.840. The maximum absolute atomic E-state index is 12.9. The van der Waals surface area contributed by atoms with Gasteiger partial charge in [0.2, 0.25) is 21.8 Å². The van der Waals surface area contributed by atoms with E-state index in [4.69, 9.17) is 0 Å². The van der Waals surface area contributed by atoms with Crippen molar-refractivity contribution in [1.82, 2.24) is 14.1 Å². The molecule has 2 aromatic carbocycles. The average molecular weight is 497 g/mol. The van der Waals surface area contributed by atoms with Crippen molar-refractivity contribution in [2.45, 2.75) is 30.3 Å². The average Bonchev–Trinajstić information content (AvgIpc) is 3.07. The van der Waals surface area contributed by atoms with Crippen molar-refractivity contribution in [3.63, 3.8) is 0 Å². The number of nitrogens with zero attached hydrogens (tertiary/aromatic N) is 3. The summed E-state index contributed by atoms with van der Waals surface area (Å²) in [6.07, 6.45) is -4.83. The van der Waals surface area contributed by atoms with Crippen LogP contribution in [-0.4, -0.2) is 72.9 Å². The second-order valence-corrected chi connectivity index (χ2v) is 9.92. The summed E-state index contributed by atoms with van der Waals surface area (Å²) in [5, 5.41) is 0. The van der Waals surface area contributed by atoms with E-state index in [0.717, 1.165) is 29.8 Å². The monoisotopic (exact) mass is 497 g/mol. The Morgan fingerprint density at radius 2 is 1.53 bits per heavy atom. The number of carbonyl (C=O) groups excluding carboxylic acids is 2. The first-order valence-electron chi connectivity index (χ1n) is 10.5. The van der Waals surface area contributed by atoms with Crippen LogP contribution < -0.4 is 4.74 Å². The molecule has 0 bridgehead atoms. The summed E-state index contributed by atoms with van der Waals surface area (Å²) in [6, 6.07) is 12.5. The van der Waals surface area contributed by atoms with Crippen LogP contribution >= 0.6 is 0 Å². The third-order valence-corrected chi connectivity index (χ3v) is 7.73. The Hall–Kier alpha value is -2.96. The van der Waals surface area contributed by atoms with Gasteiger partial charge in [-0.2, -0.15) is 4.31 Å². The predicted octanol–water partition coefficient (Wildman–Crippen LogP) is 2.22. The van der Waals surface area contributed by atoms with Crippen molar-refractivity contribution in [2.75, 3.05) is 26.2 Å². The number of ether oxygens (including phenoxy) is 1. The summed E-state index contributed by atoms with van der Waals surface area (Å²) < 4.78 is 67.7. The number of rotatable bonds is 6. The lowest BCUT2D eigenvalue weighted by atomic mass is 10.2. The number of amides is 2. The van der Waals surface area contributed by atoms with Crippen LogP contribution in [-0.2, 0) is 26.2 Å². The van der Waals surface area contributed by atoms with Crippen molar-refractivity contribution >= 4 is 21.8 Å². The molecule has 1 atom stereocenters. The summed E-state index contributed by atoms with van der Waals surface area (Å²) >= 11 is 0. The van der Waals surface area contributed by atoms with Crippen molar-refractivity contribution < 1.29 is 35.9 Å². The molecule has 0 radical (unpaired) electrons. The van der Waals surface area contributed by atoms with Gasteiger partial charge in [-0.15, -0.1) is 13.2 Å². The zero-order valence-electron chi connectivity index (χ0n) is 17.9. The largest absolute Gasteiger partial charge is 0.573 e. The fourth-order valence-corrected chi connectivity index (χ4v) is 5.52. The molecule has 2 fully saturated rings. The van der Waals surface area contributed by atoms with E-state index in [2.05, 4.69) is 4.74 Å². The SMILES string of the molecule is O=C1C[C@H](N2CCN(S(=O)(=O)c3ccc(OC(F)(F)F)cc3)CC2)C(=O)N1Cc1ccccc1. The third kappa shape index (κ3) is 5.24. The second-order valence-electron chi connectivity index (χ2n) is 7.98. The zero-order chi connectivity index (χ0) is 24.5. The normalized spacial score (nSPS) is 20.7. The number of sulfonamides is 1. The molecule has 0 unspecified atom stereocenters. The van der Waals surface area contributed by atoms with Gasteiger partial charge in [0.15, 0.2) is 0 Å². The third-order valence-electron chi connectivity index (χ3n) is 5.81. The molecule has 4 rings (SSSR count). The molecule has 182 valence electrons. The Morgan fingerprint density at radius 3 is 2.12 bits per heavy atom. The van der Waals surface area contributed by atoms with Crippen LogP contribution in [0.5, 0.6) is 5.75 Å². The van der Waals surface area contributed by atoms with Gasteiger partial charge in [0.25, 0.3) is 0 Å². The summed E-state index contributed by atoms with van der Waals surface area (Å²) in [7, 11) is -3.94. The van der Waals surface area contributed by atoms with Gasteiger partial charge >= 0.3 is 6.36 Å². The van der Waals surface area contributed by atoms with E-state index in [-0.39, 0.29) is 55.9 Å². The van der Waals surface area contributed by atoms with Gasteiger partial charge in [0.05, 0.1) is 23.9 Å². The van der Waals surface area contributed by atoms with Crippen molar-refractivity contribution in [3.05, 3.63) is 60.2 Å². The molecule has 2 aliphatic heterocycles.